The van der Waals surface area contributed by atoms with Crippen LogP contribution in [-0.2, 0) is 14.4 Å². The van der Waals surface area contributed by atoms with Crippen LogP contribution in [0.2, 0.25) is 0 Å². The molecule has 0 radical (unpaired) electrons. The van der Waals surface area contributed by atoms with E-state index in [0.717, 1.165) is 5.69 Å². The fourth-order valence-corrected chi connectivity index (χ4v) is 3.80. The van der Waals surface area contributed by atoms with Crippen LogP contribution >= 0.6 is 0 Å². The summed E-state index contributed by atoms with van der Waals surface area (Å²) in [6, 6.07) is 9.49. The molecule has 2 saturated heterocycles. The molecule has 1 aromatic carbocycles. The summed E-state index contributed by atoms with van der Waals surface area (Å²) in [5, 5.41) is 2.99. The molecule has 2 fully saturated rings. The number of hydrogen-bond donors (Lipinski definition) is 1. The Hall–Kier alpha value is -2.37. The number of nitrogens with one attached hydrogen (secondary N) is 1. The topological polar surface area (TPSA) is 69.7 Å². The number of anilines is 1. The quantitative estimate of drug-likeness (QED) is 0.861. The number of hydrogen-bond acceptors (Lipinski definition) is 3. The van der Waals surface area contributed by atoms with Crippen molar-refractivity contribution < 1.29 is 14.4 Å². The van der Waals surface area contributed by atoms with Crippen molar-refractivity contribution in [3.8, 4) is 0 Å². The summed E-state index contributed by atoms with van der Waals surface area (Å²) in [5.74, 6) is 0.276. The SMILES string of the molecule is CC(C)CNC(=O)C1CCN(C(=O)C2CC(=O)N(c3ccccc3)C2)CC1. The minimum atomic E-state index is -0.288. The van der Waals surface area contributed by atoms with Crippen LogP contribution in [0, 0.1) is 17.8 Å². The fourth-order valence-electron chi connectivity index (χ4n) is 3.80. The van der Waals surface area contributed by atoms with Crippen LogP contribution in [0.3, 0.4) is 0 Å². The van der Waals surface area contributed by atoms with Gasteiger partial charge in [-0.15, -0.1) is 0 Å². The largest absolute Gasteiger partial charge is 0.356 e. The Morgan fingerprint density at radius 3 is 2.41 bits per heavy atom. The van der Waals surface area contributed by atoms with E-state index >= 15 is 0 Å². The molecule has 6 nitrogen and oxygen atoms in total. The Balaban J connectivity index is 1.51. The van der Waals surface area contributed by atoms with Gasteiger partial charge >= 0.3 is 0 Å². The number of para-hydroxylation sites is 1. The molecule has 3 amide bonds. The standard InChI is InChI=1S/C21H29N3O3/c1-15(2)13-22-20(26)16-8-10-23(11-9-16)21(27)17-12-19(25)24(14-17)18-6-4-3-5-7-18/h3-7,15-17H,8-14H2,1-2H3,(H,22,26). The van der Waals surface area contributed by atoms with E-state index in [0.29, 0.717) is 44.9 Å². The van der Waals surface area contributed by atoms with E-state index in [4.69, 9.17) is 0 Å². The number of benzene rings is 1. The van der Waals surface area contributed by atoms with Gasteiger partial charge in [-0.25, -0.2) is 0 Å². The van der Waals surface area contributed by atoms with Crippen molar-refractivity contribution in [3.05, 3.63) is 30.3 Å². The Labute approximate surface area is 160 Å². The number of rotatable bonds is 5. The lowest BCUT2D eigenvalue weighted by molar-refractivity contribution is -0.139. The molecule has 1 aromatic rings. The highest BCUT2D eigenvalue weighted by Crippen LogP contribution is 2.27. The second kappa shape index (κ2) is 8.55. The monoisotopic (exact) mass is 371 g/mol. The van der Waals surface area contributed by atoms with Gasteiger partial charge in [0.15, 0.2) is 0 Å². The summed E-state index contributed by atoms with van der Waals surface area (Å²) in [4.78, 5) is 41.0. The summed E-state index contributed by atoms with van der Waals surface area (Å²) in [5.41, 5.74) is 0.846. The molecule has 3 rings (SSSR count). The average molecular weight is 371 g/mol. The first-order chi connectivity index (χ1) is 13.0. The van der Waals surface area contributed by atoms with E-state index in [-0.39, 0.29) is 36.0 Å². The zero-order valence-corrected chi connectivity index (χ0v) is 16.2. The van der Waals surface area contributed by atoms with E-state index in [1.165, 1.54) is 0 Å². The molecule has 0 spiro atoms. The lowest BCUT2D eigenvalue weighted by Crippen LogP contribution is -2.45. The molecule has 0 saturated carbocycles. The molecule has 2 aliphatic rings. The summed E-state index contributed by atoms with van der Waals surface area (Å²) in [7, 11) is 0. The highest BCUT2D eigenvalue weighted by molar-refractivity contribution is 6.00. The van der Waals surface area contributed by atoms with Crippen molar-refractivity contribution >= 4 is 23.4 Å². The minimum absolute atomic E-state index is 0.00231. The Morgan fingerprint density at radius 2 is 1.78 bits per heavy atom. The summed E-state index contributed by atoms with van der Waals surface area (Å²) in [6.45, 7) is 6.46. The molecule has 1 unspecified atom stereocenters. The second-order valence-corrected chi connectivity index (χ2v) is 7.98. The van der Waals surface area contributed by atoms with Gasteiger partial charge in [0.25, 0.3) is 0 Å². The van der Waals surface area contributed by atoms with Gasteiger partial charge in [0.05, 0.1) is 5.92 Å². The lowest BCUT2D eigenvalue weighted by Gasteiger charge is -2.33. The Bertz CT molecular complexity index is 681. The highest BCUT2D eigenvalue weighted by Gasteiger charge is 2.38. The van der Waals surface area contributed by atoms with Crippen LogP contribution in [0.4, 0.5) is 5.69 Å². The molecule has 2 heterocycles. The summed E-state index contributed by atoms with van der Waals surface area (Å²) < 4.78 is 0. The van der Waals surface area contributed by atoms with Crippen LogP contribution in [0.15, 0.2) is 30.3 Å². The third kappa shape index (κ3) is 4.67. The average Bonchev–Trinajstić information content (AvgIpc) is 3.08. The molecular formula is C21H29N3O3. The van der Waals surface area contributed by atoms with Gasteiger partial charge in [-0.05, 0) is 30.9 Å². The van der Waals surface area contributed by atoms with Crippen molar-refractivity contribution in [2.45, 2.75) is 33.1 Å². The van der Waals surface area contributed by atoms with Crippen molar-refractivity contribution in [1.82, 2.24) is 10.2 Å². The van der Waals surface area contributed by atoms with Crippen LogP contribution < -0.4 is 10.2 Å². The van der Waals surface area contributed by atoms with Crippen molar-refractivity contribution in [2.75, 3.05) is 31.1 Å². The van der Waals surface area contributed by atoms with Crippen molar-refractivity contribution in [1.29, 1.82) is 0 Å². The van der Waals surface area contributed by atoms with E-state index in [9.17, 15) is 14.4 Å². The third-order valence-electron chi connectivity index (χ3n) is 5.40. The maximum atomic E-state index is 12.9. The van der Waals surface area contributed by atoms with Crippen LogP contribution in [0.25, 0.3) is 0 Å². The van der Waals surface area contributed by atoms with Gasteiger partial charge in [0, 0.05) is 44.2 Å². The molecule has 0 aromatic heterocycles. The molecule has 0 aliphatic carbocycles. The molecule has 1 atom stereocenters. The zero-order valence-electron chi connectivity index (χ0n) is 16.2. The number of nitrogens with zero attached hydrogens (tertiary/aromatic N) is 2. The first kappa shape index (κ1) is 19.4. The van der Waals surface area contributed by atoms with E-state index in [2.05, 4.69) is 19.2 Å². The summed E-state index contributed by atoms with van der Waals surface area (Å²) >= 11 is 0. The van der Waals surface area contributed by atoms with E-state index < -0.39 is 0 Å². The fraction of sp³-hybridized carbons (Fsp3) is 0.571. The Kier molecular flexibility index (Phi) is 6.14. The molecule has 2 aliphatic heterocycles. The van der Waals surface area contributed by atoms with Crippen LogP contribution in [0.5, 0.6) is 0 Å². The first-order valence-electron chi connectivity index (χ1n) is 9.87. The zero-order chi connectivity index (χ0) is 19.4. The predicted molar refractivity (Wildman–Crippen MR) is 104 cm³/mol. The molecular weight excluding hydrogens is 342 g/mol. The van der Waals surface area contributed by atoms with Crippen LogP contribution in [0.1, 0.15) is 33.1 Å². The van der Waals surface area contributed by atoms with Gasteiger partial charge < -0.3 is 15.1 Å². The Morgan fingerprint density at radius 1 is 1.11 bits per heavy atom. The third-order valence-corrected chi connectivity index (χ3v) is 5.40. The minimum Gasteiger partial charge on any atom is -0.356 e. The van der Waals surface area contributed by atoms with Gasteiger partial charge in [-0.1, -0.05) is 32.0 Å². The molecule has 0 bridgehead atoms. The van der Waals surface area contributed by atoms with Gasteiger partial charge in [0.1, 0.15) is 0 Å². The number of carbonyl (C=O) groups is 3. The van der Waals surface area contributed by atoms with Crippen LogP contribution in [-0.4, -0.2) is 48.8 Å². The first-order valence-corrected chi connectivity index (χ1v) is 9.87. The number of piperidine rings is 1. The van der Waals surface area contributed by atoms with E-state index in [1.54, 1.807) is 4.90 Å². The number of likely N-dealkylation sites (tertiary alicyclic amines) is 1. The van der Waals surface area contributed by atoms with Gasteiger partial charge in [-0.2, -0.15) is 0 Å². The number of carbonyl (C=O) groups excluding carboxylic acids is 3. The maximum Gasteiger partial charge on any atom is 0.228 e. The molecule has 146 valence electrons. The molecule has 6 heteroatoms. The van der Waals surface area contributed by atoms with E-state index in [1.807, 2.05) is 35.2 Å². The van der Waals surface area contributed by atoms with Crippen molar-refractivity contribution in [2.24, 2.45) is 17.8 Å². The predicted octanol–water partition coefficient (Wildman–Crippen LogP) is 2.05. The number of amides is 3. The second-order valence-electron chi connectivity index (χ2n) is 7.98. The highest BCUT2D eigenvalue weighted by atomic mass is 16.2. The van der Waals surface area contributed by atoms with Gasteiger partial charge in [0.2, 0.25) is 17.7 Å². The summed E-state index contributed by atoms with van der Waals surface area (Å²) in [6.07, 6.45) is 1.65. The van der Waals surface area contributed by atoms with Gasteiger partial charge in [-0.3, -0.25) is 14.4 Å². The smallest absolute Gasteiger partial charge is 0.228 e. The van der Waals surface area contributed by atoms with Crippen molar-refractivity contribution in [3.63, 3.8) is 0 Å². The molecule has 27 heavy (non-hydrogen) atoms. The molecule has 1 N–H and O–H groups in total. The maximum absolute atomic E-state index is 12.9. The normalized spacial score (nSPS) is 21.0. The lowest BCUT2D eigenvalue weighted by atomic mass is 9.94.